The number of benzene rings is 1. The molecule has 1 atom stereocenters. The van der Waals surface area contributed by atoms with Crippen LogP contribution in [0.2, 0.25) is 0 Å². The Hall–Kier alpha value is -2.50. The quantitative estimate of drug-likeness (QED) is 0.432. The second-order valence-corrected chi connectivity index (χ2v) is 5.62. The molecule has 1 aromatic rings. The summed E-state index contributed by atoms with van der Waals surface area (Å²) in [5, 5.41) is 0. The summed E-state index contributed by atoms with van der Waals surface area (Å²) in [6.07, 6.45) is 1.23. The van der Waals surface area contributed by atoms with Gasteiger partial charge in [0.05, 0.1) is 6.61 Å². The van der Waals surface area contributed by atoms with Gasteiger partial charge in [0.2, 0.25) is 5.91 Å². The van der Waals surface area contributed by atoms with Gasteiger partial charge in [-0.1, -0.05) is 30.3 Å². The van der Waals surface area contributed by atoms with Crippen LogP contribution in [0, 0.1) is 0 Å². The van der Waals surface area contributed by atoms with E-state index in [9.17, 15) is 19.2 Å². The zero-order chi connectivity index (χ0) is 17.5. The second-order valence-electron chi connectivity index (χ2n) is 5.62. The summed E-state index contributed by atoms with van der Waals surface area (Å²) >= 11 is 0. The molecule has 2 rings (SSSR count). The second kappa shape index (κ2) is 8.38. The van der Waals surface area contributed by atoms with E-state index in [0.29, 0.717) is 24.9 Å². The third-order valence-corrected chi connectivity index (χ3v) is 4.01. The van der Waals surface area contributed by atoms with Gasteiger partial charge in [-0.25, -0.2) is 4.79 Å². The van der Waals surface area contributed by atoms with Crippen molar-refractivity contribution < 1.29 is 23.9 Å². The molecule has 1 aliphatic heterocycles. The SMILES string of the molecule is CCOC(=O)C(=O)C1CCCN1C(=O)CCC(=O)c1ccccc1. The van der Waals surface area contributed by atoms with Crippen LogP contribution in [0.1, 0.15) is 43.0 Å². The highest BCUT2D eigenvalue weighted by atomic mass is 16.5. The monoisotopic (exact) mass is 331 g/mol. The highest BCUT2D eigenvalue weighted by Crippen LogP contribution is 2.20. The van der Waals surface area contributed by atoms with Crippen LogP contribution in [0.15, 0.2) is 30.3 Å². The fourth-order valence-corrected chi connectivity index (χ4v) is 2.81. The molecule has 0 saturated carbocycles. The smallest absolute Gasteiger partial charge is 0.376 e. The van der Waals surface area contributed by atoms with E-state index in [0.717, 1.165) is 0 Å². The molecule has 1 aliphatic rings. The minimum Gasteiger partial charge on any atom is -0.460 e. The van der Waals surface area contributed by atoms with Gasteiger partial charge in [0.1, 0.15) is 6.04 Å². The number of nitrogens with zero attached hydrogens (tertiary/aromatic N) is 1. The Morgan fingerprint density at radius 2 is 1.83 bits per heavy atom. The number of carbonyl (C=O) groups is 4. The number of Topliss-reactive ketones (excluding diaryl/α,β-unsaturated/α-hetero) is 2. The van der Waals surface area contributed by atoms with Crippen LogP contribution in [0.3, 0.4) is 0 Å². The van der Waals surface area contributed by atoms with E-state index < -0.39 is 17.8 Å². The summed E-state index contributed by atoms with van der Waals surface area (Å²) in [7, 11) is 0. The minimum atomic E-state index is -0.900. The number of hydrogen-bond donors (Lipinski definition) is 0. The van der Waals surface area contributed by atoms with Gasteiger partial charge in [-0.05, 0) is 19.8 Å². The Bertz CT molecular complexity index is 626. The molecule has 0 bridgehead atoms. The first-order chi connectivity index (χ1) is 11.5. The number of hydrogen-bond acceptors (Lipinski definition) is 5. The maximum atomic E-state index is 12.3. The molecule has 0 spiro atoms. The van der Waals surface area contributed by atoms with Crippen LogP contribution in [-0.4, -0.2) is 47.5 Å². The summed E-state index contributed by atoms with van der Waals surface area (Å²) in [5.74, 6) is -1.98. The van der Waals surface area contributed by atoms with E-state index in [1.165, 1.54) is 4.90 Å². The maximum Gasteiger partial charge on any atom is 0.376 e. The van der Waals surface area contributed by atoms with Gasteiger partial charge in [0.15, 0.2) is 5.78 Å². The Kier molecular flexibility index (Phi) is 6.23. The average Bonchev–Trinajstić information content (AvgIpc) is 3.09. The zero-order valence-electron chi connectivity index (χ0n) is 13.7. The topological polar surface area (TPSA) is 80.8 Å². The lowest BCUT2D eigenvalue weighted by Crippen LogP contribution is -2.43. The summed E-state index contributed by atoms with van der Waals surface area (Å²) in [6.45, 7) is 2.17. The lowest BCUT2D eigenvalue weighted by Gasteiger charge is -2.22. The van der Waals surface area contributed by atoms with Crippen LogP contribution in [0.25, 0.3) is 0 Å². The van der Waals surface area contributed by atoms with Crippen molar-refractivity contribution in [3.8, 4) is 0 Å². The fraction of sp³-hybridized carbons (Fsp3) is 0.444. The van der Waals surface area contributed by atoms with Crippen molar-refractivity contribution >= 4 is 23.4 Å². The number of likely N-dealkylation sites (tertiary alicyclic amines) is 1. The molecule has 1 saturated heterocycles. The summed E-state index contributed by atoms with van der Waals surface area (Å²) in [6, 6.07) is 8.00. The Morgan fingerprint density at radius 1 is 1.12 bits per heavy atom. The molecule has 0 aromatic heterocycles. The third-order valence-electron chi connectivity index (χ3n) is 4.01. The standard InChI is InChI=1S/C18H21NO5/c1-2-24-18(23)17(22)14-9-6-12-19(14)16(21)11-10-15(20)13-7-4-3-5-8-13/h3-5,7-8,14H,2,6,9-12H2,1H3. The Morgan fingerprint density at radius 3 is 2.50 bits per heavy atom. The predicted octanol–water partition coefficient (Wildman–Crippen LogP) is 1.77. The molecule has 6 nitrogen and oxygen atoms in total. The Labute approximate surface area is 140 Å². The molecule has 1 heterocycles. The average molecular weight is 331 g/mol. The first kappa shape index (κ1) is 17.8. The minimum absolute atomic E-state index is 0.0281. The van der Waals surface area contributed by atoms with Crippen molar-refractivity contribution in [1.82, 2.24) is 4.90 Å². The van der Waals surface area contributed by atoms with E-state index in [2.05, 4.69) is 0 Å². The lowest BCUT2D eigenvalue weighted by molar-refractivity contribution is -0.156. The lowest BCUT2D eigenvalue weighted by atomic mass is 10.1. The predicted molar refractivity (Wildman–Crippen MR) is 86.4 cm³/mol. The Balaban J connectivity index is 1.92. The first-order valence-corrected chi connectivity index (χ1v) is 8.13. The summed E-state index contributed by atoms with van der Waals surface area (Å²) in [5.41, 5.74) is 0.561. The number of rotatable bonds is 7. The highest BCUT2D eigenvalue weighted by molar-refractivity contribution is 6.36. The number of ether oxygens (including phenoxy) is 1. The fourth-order valence-electron chi connectivity index (χ4n) is 2.81. The number of esters is 1. The number of carbonyl (C=O) groups excluding carboxylic acids is 4. The van der Waals surface area contributed by atoms with Crippen molar-refractivity contribution in [2.75, 3.05) is 13.2 Å². The van der Waals surface area contributed by atoms with E-state index in [4.69, 9.17) is 4.74 Å². The van der Waals surface area contributed by atoms with Crippen molar-refractivity contribution in [2.45, 2.75) is 38.6 Å². The van der Waals surface area contributed by atoms with Gasteiger partial charge in [0.25, 0.3) is 5.78 Å². The zero-order valence-corrected chi connectivity index (χ0v) is 13.7. The van der Waals surface area contributed by atoms with Crippen LogP contribution >= 0.6 is 0 Å². The third kappa shape index (κ3) is 4.28. The van der Waals surface area contributed by atoms with E-state index in [-0.39, 0.29) is 31.1 Å². The number of amides is 1. The van der Waals surface area contributed by atoms with Crippen LogP contribution < -0.4 is 0 Å². The van der Waals surface area contributed by atoms with Gasteiger partial charge in [-0.15, -0.1) is 0 Å². The molecule has 128 valence electrons. The normalized spacial score (nSPS) is 16.7. The molecule has 1 unspecified atom stereocenters. The van der Waals surface area contributed by atoms with Gasteiger partial charge in [-0.2, -0.15) is 0 Å². The molecular formula is C18H21NO5. The van der Waals surface area contributed by atoms with E-state index in [1.807, 2.05) is 6.07 Å². The summed E-state index contributed by atoms with van der Waals surface area (Å²) < 4.78 is 4.72. The van der Waals surface area contributed by atoms with Crippen LogP contribution in [0.5, 0.6) is 0 Å². The molecule has 24 heavy (non-hydrogen) atoms. The van der Waals surface area contributed by atoms with Crippen molar-refractivity contribution in [3.05, 3.63) is 35.9 Å². The molecule has 1 amide bonds. The number of ketones is 2. The molecule has 0 aliphatic carbocycles. The van der Waals surface area contributed by atoms with E-state index in [1.54, 1.807) is 31.2 Å². The first-order valence-electron chi connectivity index (χ1n) is 8.13. The van der Waals surface area contributed by atoms with Gasteiger partial charge in [0, 0.05) is 24.9 Å². The van der Waals surface area contributed by atoms with Gasteiger partial charge >= 0.3 is 5.97 Å². The van der Waals surface area contributed by atoms with Crippen LogP contribution in [0.4, 0.5) is 0 Å². The maximum absolute atomic E-state index is 12.3. The molecular weight excluding hydrogens is 310 g/mol. The van der Waals surface area contributed by atoms with Crippen molar-refractivity contribution in [3.63, 3.8) is 0 Å². The molecule has 0 radical (unpaired) electrons. The molecule has 1 aromatic carbocycles. The highest BCUT2D eigenvalue weighted by Gasteiger charge is 2.37. The molecule has 6 heteroatoms. The largest absolute Gasteiger partial charge is 0.460 e. The van der Waals surface area contributed by atoms with Gasteiger partial charge < -0.3 is 9.64 Å². The molecule has 1 fully saturated rings. The summed E-state index contributed by atoms with van der Waals surface area (Å²) in [4.78, 5) is 49.5. The van der Waals surface area contributed by atoms with Crippen molar-refractivity contribution in [2.24, 2.45) is 0 Å². The molecule has 0 N–H and O–H groups in total. The van der Waals surface area contributed by atoms with Crippen molar-refractivity contribution in [1.29, 1.82) is 0 Å². The van der Waals surface area contributed by atoms with Crippen LogP contribution in [-0.2, 0) is 19.1 Å². The van der Waals surface area contributed by atoms with E-state index >= 15 is 0 Å². The van der Waals surface area contributed by atoms with Gasteiger partial charge in [-0.3, -0.25) is 14.4 Å².